The second-order valence-electron chi connectivity index (χ2n) is 6.91. The van der Waals surface area contributed by atoms with Crippen molar-refractivity contribution in [3.63, 3.8) is 0 Å². The average molecular weight is 659 g/mol. The lowest BCUT2D eigenvalue weighted by Crippen LogP contribution is -2.20. The van der Waals surface area contributed by atoms with Crippen molar-refractivity contribution in [2.75, 3.05) is 17.2 Å². The van der Waals surface area contributed by atoms with Gasteiger partial charge >= 0.3 is 0 Å². The molecular weight excluding hydrogens is 644 g/mol. The molecule has 0 aliphatic heterocycles. The van der Waals surface area contributed by atoms with Crippen LogP contribution in [0.1, 0.15) is 5.56 Å². The molecule has 0 aliphatic carbocycles. The Hall–Kier alpha value is -2.54. The monoisotopic (exact) mass is 655 g/mol. The van der Waals surface area contributed by atoms with Crippen molar-refractivity contribution in [2.24, 2.45) is 0 Å². The molecule has 2 N–H and O–H groups in total. The smallest absolute Gasteiger partial charge is 0.266 e. The Morgan fingerprint density at radius 2 is 1.63 bits per heavy atom. The van der Waals surface area contributed by atoms with E-state index in [1.807, 2.05) is 6.07 Å². The van der Waals surface area contributed by atoms with E-state index in [1.165, 1.54) is 12.1 Å². The lowest BCUT2D eigenvalue weighted by atomic mass is 10.1. The second-order valence-corrected chi connectivity index (χ2v) is 9.87. The maximum atomic E-state index is 12.5. The number of ether oxygens (including phenoxy) is 1. The van der Waals surface area contributed by atoms with Crippen LogP contribution in [0.15, 0.2) is 69.1 Å². The molecule has 0 saturated carbocycles. The Bertz CT molecular complexity index is 1350. The van der Waals surface area contributed by atoms with Crippen LogP contribution in [0.25, 0.3) is 6.08 Å². The zero-order valence-corrected chi connectivity index (χ0v) is 23.0. The van der Waals surface area contributed by atoms with E-state index in [1.54, 1.807) is 48.5 Å². The maximum absolute atomic E-state index is 12.5. The molecule has 0 bridgehead atoms. The van der Waals surface area contributed by atoms with Gasteiger partial charge in [-0.25, -0.2) is 0 Å². The van der Waals surface area contributed by atoms with Gasteiger partial charge in [0.1, 0.15) is 17.4 Å². The Labute approximate surface area is 233 Å². The lowest BCUT2D eigenvalue weighted by molar-refractivity contribution is -0.118. The predicted octanol–water partition coefficient (Wildman–Crippen LogP) is 7.73. The highest BCUT2D eigenvalue weighted by Crippen LogP contribution is 2.35. The van der Waals surface area contributed by atoms with Crippen molar-refractivity contribution in [3.8, 4) is 11.8 Å². The molecule has 3 aromatic rings. The number of nitrogens with one attached hydrogen (secondary N) is 2. The van der Waals surface area contributed by atoms with Crippen molar-refractivity contribution < 1.29 is 14.3 Å². The van der Waals surface area contributed by atoms with E-state index in [4.69, 9.17) is 39.5 Å². The standard InChI is InChI=1S/C24H14Br2Cl3N3O3/c25-18-7-13(6-14(11-30)24(34)32-16-3-1-2-15(27)9-16)8-19(26)23(18)35-12-22(33)31-17-4-5-20(28)21(29)10-17/h1-10H,12H2,(H,31,33)(H,32,34)/b14-6-. The number of hydrogen-bond donors (Lipinski definition) is 2. The maximum Gasteiger partial charge on any atom is 0.266 e. The van der Waals surface area contributed by atoms with Crippen LogP contribution in [0.3, 0.4) is 0 Å². The molecule has 6 nitrogen and oxygen atoms in total. The molecule has 3 rings (SSSR count). The van der Waals surface area contributed by atoms with Gasteiger partial charge in [-0.3, -0.25) is 9.59 Å². The molecule has 0 aliphatic rings. The molecule has 0 unspecified atom stereocenters. The minimum absolute atomic E-state index is 0.113. The van der Waals surface area contributed by atoms with Crippen LogP contribution in [0.4, 0.5) is 11.4 Å². The molecular formula is C24H14Br2Cl3N3O3. The molecule has 11 heteroatoms. The van der Waals surface area contributed by atoms with E-state index in [9.17, 15) is 14.9 Å². The van der Waals surface area contributed by atoms with Crippen LogP contribution in [-0.2, 0) is 9.59 Å². The lowest BCUT2D eigenvalue weighted by Gasteiger charge is -2.12. The molecule has 2 amide bonds. The first-order valence-electron chi connectivity index (χ1n) is 9.71. The number of carbonyl (C=O) groups is 2. The summed E-state index contributed by atoms with van der Waals surface area (Å²) in [4.78, 5) is 24.8. The molecule has 3 aromatic carbocycles. The second kappa shape index (κ2) is 12.4. The highest BCUT2D eigenvalue weighted by molar-refractivity contribution is 9.11. The van der Waals surface area contributed by atoms with Gasteiger partial charge in [0.05, 0.1) is 19.0 Å². The largest absolute Gasteiger partial charge is 0.481 e. The number of rotatable bonds is 7. The quantitative estimate of drug-likeness (QED) is 0.201. The average Bonchev–Trinajstić information content (AvgIpc) is 2.79. The summed E-state index contributed by atoms with van der Waals surface area (Å²) in [5.41, 5.74) is 1.38. The van der Waals surface area contributed by atoms with Gasteiger partial charge in [-0.05, 0) is 92.0 Å². The third kappa shape index (κ3) is 7.72. The number of benzene rings is 3. The first-order chi connectivity index (χ1) is 16.7. The molecule has 0 aromatic heterocycles. The number of hydrogen-bond acceptors (Lipinski definition) is 4. The minimum atomic E-state index is -0.582. The van der Waals surface area contributed by atoms with E-state index in [2.05, 4.69) is 42.5 Å². The van der Waals surface area contributed by atoms with Crippen LogP contribution in [-0.4, -0.2) is 18.4 Å². The topological polar surface area (TPSA) is 91.2 Å². The normalized spacial score (nSPS) is 10.9. The highest BCUT2D eigenvalue weighted by Gasteiger charge is 2.14. The Morgan fingerprint density at radius 1 is 0.943 bits per heavy atom. The number of carbonyl (C=O) groups excluding carboxylic acids is 2. The fraction of sp³-hybridized carbons (Fsp3) is 0.0417. The van der Waals surface area contributed by atoms with E-state index in [0.717, 1.165) is 0 Å². The van der Waals surface area contributed by atoms with E-state index < -0.39 is 11.8 Å². The number of nitrogens with zero attached hydrogens (tertiary/aromatic N) is 1. The van der Waals surface area contributed by atoms with Crippen LogP contribution < -0.4 is 15.4 Å². The molecule has 35 heavy (non-hydrogen) atoms. The van der Waals surface area contributed by atoms with Crippen molar-refractivity contribution in [2.45, 2.75) is 0 Å². The van der Waals surface area contributed by atoms with Gasteiger partial charge in [0.15, 0.2) is 6.61 Å². The van der Waals surface area contributed by atoms with Crippen molar-refractivity contribution >= 4 is 95.9 Å². The van der Waals surface area contributed by atoms with Gasteiger partial charge in [0.25, 0.3) is 11.8 Å². The van der Waals surface area contributed by atoms with Crippen molar-refractivity contribution in [3.05, 3.63) is 89.7 Å². The molecule has 178 valence electrons. The zero-order valence-electron chi connectivity index (χ0n) is 17.5. The third-order valence-corrected chi connectivity index (χ3v) is 6.48. The molecule has 0 atom stereocenters. The Morgan fingerprint density at radius 3 is 2.26 bits per heavy atom. The molecule has 0 fully saturated rings. The van der Waals surface area contributed by atoms with Gasteiger partial charge in [0, 0.05) is 16.4 Å². The number of halogens is 5. The van der Waals surface area contributed by atoms with Gasteiger partial charge in [0.2, 0.25) is 0 Å². The van der Waals surface area contributed by atoms with Crippen molar-refractivity contribution in [1.29, 1.82) is 5.26 Å². The van der Waals surface area contributed by atoms with Gasteiger partial charge < -0.3 is 15.4 Å². The summed E-state index contributed by atoms with van der Waals surface area (Å²) in [5, 5.41) is 15.9. The Kier molecular flexibility index (Phi) is 9.61. The highest BCUT2D eigenvalue weighted by atomic mass is 79.9. The van der Waals surface area contributed by atoms with Crippen LogP contribution in [0, 0.1) is 11.3 Å². The van der Waals surface area contributed by atoms with Gasteiger partial charge in [-0.2, -0.15) is 5.26 Å². The first-order valence-corrected chi connectivity index (χ1v) is 12.4. The zero-order chi connectivity index (χ0) is 25.5. The summed E-state index contributed by atoms with van der Waals surface area (Å²) in [5.74, 6) is -0.620. The summed E-state index contributed by atoms with van der Waals surface area (Å²) >= 11 is 24.6. The number of anilines is 2. The Balaban J connectivity index is 1.69. The van der Waals surface area contributed by atoms with E-state index >= 15 is 0 Å². The van der Waals surface area contributed by atoms with E-state index in [-0.39, 0.29) is 12.2 Å². The molecule has 0 radical (unpaired) electrons. The van der Waals surface area contributed by atoms with E-state index in [0.29, 0.717) is 46.7 Å². The minimum Gasteiger partial charge on any atom is -0.481 e. The SMILES string of the molecule is N#C/C(=C/c1cc(Br)c(OCC(=O)Nc2ccc(Cl)c(Cl)c2)c(Br)c1)C(=O)Nc1cccc(Cl)c1. The van der Waals surface area contributed by atoms with Crippen LogP contribution in [0.2, 0.25) is 15.1 Å². The first kappa shape index (κ1) is 27.1. The molecule has 0 saturated heterocycles. The number of nitriles is 1. The summed E-state index contributed by atoms with van der Waals surface area (Å²) in [6, 6.07) is 16.5. The summed E-state index contributed by atoms with van der Waals surface area (Å²) in [6.07, 6.45) is 1.43. The molecule has 0 heterocycles. The fourth-order valence-electron chi connectivity index (χ4n) is 2.79. The van der Waals surface area contributed by atoms with Gasteiger partial charge in [-0.15, -0.1) is 0 Å². The fourth-order valence-corrected chi connectivity index (χ4v) is 4.73. The predicted molar refractivity (Wildman–Crippen MR) is 146 cm³/mol. The van der Waals surface area contributed by atoms with Crippen LogP contribution in [0.5, 0.6) is 5.75 Å². The summed E-state index contributed by atoms with van der Waals surface area (Å²) < 4.78 is 6.65. The van der Waals surface area contributed by atoms with Gasteiger partial charge in [-0.1, -0.05) is 40.9 Å². The van der Waals surface area contributed by atoms with Crippen LogP contribution >= 0.6 is 66.7 Å². The number of amides is 2. The summed E-state index contributed by atoms with van der Waals surface area (Å²) in [7, 11) is 0. The summed E-state index contributed by atoms with van der Waals surface area (Å²) in [6.45, 7) is -0.280. The van der Waals surface area contributed by atoms with Crippen molar-refractivity contribution in [1.82, 2.24) is 0 Å². The third-order valence-electron chi connectivity index (χ3n) is 4.33. The molecule has 0 spiro atoms.